The fourth-order valence-electron chi connectivity index (χ4n) is 4.06. The number of rotatable bonds is 1. The van der Waals surface area contributed by atoms with E-state index >= 15 is 0 Å². The Kier molecular flexibility index (Phi) is 3.12. The van der Waals surface area contributed by atoms with Gasteiger partial charge in [0, 0.05) is 11.8 Å². The monoisotopic (exact) mass is 232 g/mol. The van der Waals surface area contributed by atoms with E-state index in [0.717, 1.165) is 5.92 Å². The van der Waals surface area contributed by atoms with Gasteiger partial charge in [-0.2, -0.15) is 0 Å². The van der Waals surface area contributed by atoms with Crippen LogP contribution in [0.25, 0.3) is 0 Å². The molecule has 2 fully saturated rings. The molecule has 0 amide bonds. The average molecular weight is 232 g/mol. The molecular formula is C16H24O. The highest BCUT2D eigenvalue weighted by Crippen LogP contribution is 2.47. The lowest BCUT2D eigenvalue weighted by molar-refractivity contribution is -0.0871. The van der Waals surface area contributed by atoms with Gasteiger partial charge in [-0.05, 0) is 39.0 Å². The Morgan fingerprint density at radius 3 is 2.76 bits per heavy atom. The van der Waals surface area contributed by atoms with Gasteiger partial charge in [-0.15, -0.1) is 0 Å². The summed E-state index contributed by atoms with van der Waals surface area (Å²) in [7, 11) is 0. The van der Waals surface area contributed by atoms with Crippen LogP contribution in [0, 0.1) is 11.8 Å². The van der Waals surface area contributed by atoms with Crippen LogP contribution < -0.4 is 0 Å². The first-order valence-electron chi connectivity index (χ1n) is 7.28. The molecule has 1 aliphatic heterocycles. The molecule has 0 bridgehead atoms. The molecule has 3 rings (SSSR count). The third kappa shape index (κ3) is 1.99. The summed E-state index contributed by atoms with van der Waals surface area (Å²) >= 11 is 0. The molecule has 17 heavy (non-hydrogen) atoms. The highest BCUT2D eigenvalue weighted by molar-refractivity contribution is 5.24. The van der Waals surface area contributed by atoms with Gasteiger partial charge in [-0.25, -0.2) is 0 Å². The van der Waals surface area contributed by atoms with Crippen molar-refractivity contribution >= 4 is 0 Å². The molecule has 0 aromatic rings. The second-order valence-electron chi connectivity index (χ2n) is 6.07. The van der Waals surface area contributed by atoms with Crippen molar-refractivity contribution in [3.63, 3.8) is 0 Å². The van der Waals surface area contributed by atoms with Crippen molar-refractivity contribution < 1.29 is 4.74 Å². The lowest BCUT2D eigenvalue weighted by Crippen LogP contribution is -2.45. The Bertz CT molecular complexity index is 341. The highest BCUT2D eigenvalue weighted by Gasteiger charge is 2.42. The third-order valence-corrected chi connectivity index (χ3v) is 4.83. The maximum Gasteiger partial charge on any atom is 0.0849 e. The molecule has 1 heteroatoms. The first-order chi connectivity index (χ1) is 8.27. The summed E-state index contributed by atoms with van der Waals surface area (Å²) in [5.41, 5.74) is 2.96. The van der Waals surface area contributed by atoms with Crippen molar-refractivity contribution in [2.24, 2.45) is 11.8 Å². The van der Waals surface area contributed by atoms with E-state index in [1.807, 2.05) is 0 Å². The average Bonchev–Trinajstić information content (AvgIpc) is 2.37. The maximum absolute atomic E-state index is 6.38. The van der Waals surface area contributed by atoms with Crippen LogP contribution in [0.15, 0.2) is 23.8 Å². The molecular weight excluding hydrogens is 208 g/mol. The predicted molar refractivity (Wildman–Crippen MR) is 70.9 cm³/mol. The van der Waals surface area contributed by atoms with Crippen LogP contribution in [0.1, 0.15) is 51.9 Å². The Morgan fingerprint density at radius 1 is 1.18 bits per heavy atom. The number of allylic oxidation sites excluding steroid dienone is 1. The number of hydrogen-bond donors (Lipinski definition) is 0. The Labute approximate surface area is 105 Å². The summed E-state index contributed by atoms with van der Waals surface area (Å²) in [6.45, 7) is 6.29. The molecule has 1 saturated carbocycles. The summed E-state index contributed by atoms with van der Waals surface area (Å²) in [4.78, 5) is 0. The molecule has 4 atom stereocenters. The van der Waals surface area contributed by atoms with Gasteiger partial charge in [0.25, 0.3) is 0 Å². The first-order valence-corrected chi connectivity index (χ1v) is 7.28. The molecule has 0 aromatic carbocycles. The first kappa shape index (κ1) is 11.5. The smallest absolute Gasteiger partial charge is 0.0849 e. The van der Waals surface area contributed by atoms with Gasteiger partial charge in [-0.3, -0.25) is 0 Å². The summed E-state index contributed by atoms with van der Waals surface area (Å²) in [5.74, 6) is 1.39. The van der Waals surface area contributed by atoms with Gasteiger partial charge in [0.2, 0.25) is 0 Å². The lowest BCUT2D eigenvalue weighted by atomic mass is 9.68. The van der Waals surface area contributed by atoms with E-state index < -0.39 is 0 Å². The van der Waals surface area contributed by atoms with Crippen molar-refractivity contribution in [1.82, 2.24) is 0 Å². The van der Waals surface area contributed by atoms with Gasteiger partial charge in [0.05, 0.1) is 12.2 Å². The van der Waals surface area contributed by atoms with Crippen LogP contribution in [-0.2, 0) is 4.74 Å². The van der Waals surface area contributed by atoms with Crippen molar-refractivity contribution in [2.75, 3.05) is 0 Å². The summed E-state index contributed by atoms with van der Waals surface area (Å²) in [6.07, 6.45) is 12.6. The normalized spacial score (nSPS) is 41.1. The molecule has 0 unspecified atom stereocenters. The van der Waals surface area contributed by atoms with Crippen LogP contribution >= 0.6 is 0 Å². The van der Waals surface area contributed by atoms with E-state index in [-0.39, 0.29) is 0 Å². The molecule has 0 radical (unpaired) electrons. The van der Waals surface area contributed by atoms with Crippen molar-refractivity contribution in [3.05, 3.63) is 23.8 Å². The van der Waals surface area contributed by atoms with E-state index in [0.29, 0.717) is 18.1 Å². The van der Waals surface area contributed by atoms with Gasteiger partial charge in [-0.1, -0.05) is 36.6 Å². The quantitative estimate of drug-likeness (QED) is 0.614. The fourth-order valence-corrected chi connectivity index (χ4v) is 4.06. The van der Waals surface area contributed by atoms with Crippen LogP contribution in [0.3, 0.4) is 0 Å². The topological polar surface area (TPSA) is 9.23 Å². The standard InChI is InChI=1S/C16H24O/c1-11(2)16-14-9-4-3-7-12(14)13-8-5-6-10-15(13)17-16/h7,13-16H,1,3-6,8-10H2,2H3/t13-,14+,15-,16-/m0/s1. The Morgan fingerprint density at radius 2 is 1.94 bits per heavy atom. The molecule has 1 heterocycles. The maximum atomic E-state index is 6.38. The second kappa shape index (κ2) is 4.61. The molecule has 94 valence electrons. The highest BCUT2D eigenvalue weighted by atomic mass is 16.5. The number of fused-ring (bicyclic) bond motifs is 3. The van der Waals surface area contributed by atoms with E-state index in [1.54, 1.807) is 5.57 Å². The van der Waals surface area contributed by atoms with Gasteiger partial charge in [0.15, 0.2) is 0 Å². The van der Waals surface area contributed by atoms with Crippen LogP contribution in [0.4, 0.5) is 0 Å². The Hall–Kier alpha value is -0.560. The molecule has 0 aromatic heterocycles. The molecule has 1 saturated heterocycles. The minimum atomic E-state index is 0.306. The Balaban J connectivity index is 1.90. The van der Waals surface area contributed by atoms with Gasteiger partial charge >= 0.3 is 0 Å². The zero-order valence-corrected chi connectivity index (χ0v) is 11.0. The van der Waals surface area contributed by atoms with Gasteiger partial charge in [0.1, 0.15) is 0 Å². The van der Waals surface area contributed by atoms with Crippen molar-refractivity contribution in [2.45, 2.75) is 64.1 Å². The fraction of sp³-hybridized carbons (Fsp3) is 0.750. The molecule has 0 spiro atoms. The molecule has 2 aliphatic carbocycles. The largest absolute Gasteiger partial charge is 0.369 e. The minimum absolute atomic E-state index is 0.306. The number of ether oxygens (including phenoxy) is 1. The zero-order valence-electron chi connectivity index (χ0n) is 11.0. The molecule has 1 nitrogen and oxygen atoms in total. The van der Waals surface area contributed by atoms with Crippen LogP contribution in [0.5, 0.6) is 0 Å². The van der Waals surface area contributed by atoms with E-state index in [2.05, 4.69) is 19.6 Å². The van der Waals surface area contributed by atoms with E-state index in [4.69, 9.17) is 4.74 Å². The zero-order chi connectivity index (χ0) is 11.8. The van der Waals surface area contributed by atoms with Crippen molar-refractivity contribution in [1.29, 1.82) is 0 Å². The predicted octanol–water partition coefficient (Wildman–Crippen LogP) is 4.25. The van der Waals surface area contributed by atoms with E-state index in [9.17, 15) is 0 Å². The lowest BCUT2D eigenvalue weighted by Gasteiger charge is -2.47. The second-order valence-corrected chi connectivity index (χ2v) is 6.07. The molecule has 3 aliphatic rings. The van der Waals surface area contributed by atoms with Crippen LogP contribution in [-0.4, -0.2) is 12.2 Å². The van der Waals surface area contributed by atoms with Gasteiger partial charge < -0.3 is 4.74 Å². The van der Waals surface area contributed by atoms with Crippen molar-refractivity contribution in [3.8, 4) is 0 Å². The number of hydrogen-bond acceptors (Lipinski definition) is 1. The summed E-state index contributed by atoms with van der Waals surface area (Å²) in [5, 5.41) is 0. The van der Waals surface area contributed by atoms with E-state index in [1.165, 1.54) is 50.5 Å². The molecule has 0 N–H and O–H groups in total. The summed E-state index contributed by atoms with van der Waals surface area (Å²) < 4.78 is 6.38. The van der Waals surface area contributed by atoms with Crippen LogP contribution in [0.2, 0.25) is 0 Å². The third-order valence-electron chi connectivity index (χ3n) is 4.83. The SMILES string of the molecule is C=C(C)[C@@H]1O[C@H]2CCCC[C@H]2C2=CCCC[C@H]21. The summed E-state index contributed by atoms with van der Waals surface area (Å²) in [6, 6.07) is 0. The minimum Gasteiger partial charge on any atom is -0.369 e.